The third-order valence-corrected chi connectivity index (χ3v) is 2.27. The van der Waals surface area contributed by atoms with Crippen LogP contribution in [0.3, 0.4) is 0 Å². The van der Waals surface area contributed by atoms with Crippen molar-refractivity contribution >= 4 is 17.5 Å². The van der Waals surface area contributed by atoms with Gasteiger partial charge in [-0.3, -0.25) is 10.1 Å². The summed E-state index contributed by atoms with van der Waals surface area (Å²) in [7, 11) is 1.63. The van der Waals surface area contributed by atoms with Crippen LogP contribution >= 0.6 is 0 Å². The molecule has 0 aliphatic heterocycles. The van der Waals surface area contributed by atoms with Crippen molar-refractivity contribution in [3.05, 3.63) is 34.2 Å². The molecule has 0 amide bonds. The molecule has 19 heavy (non-hydrogen) atoms. The van der Waals surface area contributed by atoms with E-state index in [2.05, 4.69) is 25.6 Å². The standard InChI is InChI=1S/C10H12N6O3/c1-6-3-12-8(19-6)5-13-9-7(16(17)18)4-14-10(11-2)15-9/h3-4H,5H2,1-2H3,(H2,11,13,14,15). The van der Waals surface area contributed by atoms with Crippen LogP contribution in [0.4, 0.5) is 17.5 Å². The predicted octanol–water partition coefficient (Wildman–Crippen LogP) is 1.34. The van der Waals surface area contributed by atoms with Gasteiger partial charge in [-0.25, -0.2) is 9.97 Å². The molecular formula is C10H12N6O3. The monoisotopic (exact) mass is 264 g/mol. The molecule has 0 saturated heterocycles. The largest absolute Gasteiger partial charge is 0.444 e. The van der Waals surface area contributed by atoms with E-state index in [0.717, 1.165) is 6.20 Å². The van der Waals surface area contributed by atoms with Gasteiger partial charge in [-0.15, -0.1) is 0 Å². The molecule has 2 N–H and O–H groups in total. The van der Waals surface area contributed by atoms with E-state index in [-0.39, 0.29) is 24.0 Å². The molecule has 0 saturated carbocycles. The van der Waals surface area contributed by atoms with Gasteiger partial charge in [0.25, 0.3) is 0 Å². The lowest BCUT2D eigenvalue weighted by atomic mass is 10.4. The number of aromatic nitrogens is 3. The molecule has 100 valence electrons. The maximum Gasteiger partial charge on any atom is 0.329 e. The molecule has 0 bridgehead atoms. The zero-order chi connectivity index (χ0) is 13.8. The molecule has 0 aromatic carbocycles. The predicted molar refractivity (Wildman–Crippen MR) is 66.8 cm³/mol. The van der Waals surface area contributed by atoms with Gasteiger partial charge in [0.2, 0.25) is 17.7 Å². The van der Waals surface area contributed by atoms with Gasteiger partial charge in [-0.1, -0.05) is 0 Å². The molecule has 2 rings (SSSR count). The van der Waals surface area contributed by atoms with Gasteiger partial charge in [0.15, 0.2) is 0 Å². The molecule has 0 aliphatic rings. The average Bonchev–Trinajstić information content (AvgIpc) is 2.81. The van der Waals surface area contributed by atoms with Gasteiger partial charge in [0, 0.05) is 7.05 Å². The van der Waals surface area contributed by atoms with Crippen molar-refractivity contribution in [2.45, 2.75) is 13.5 Å². The summed E-state index contributed by atoms with van der Waals surface area (Å²) in [5.74, 6) is 1.50. The zero-order valence-electron chi connectivity index (χ0n) is 10.4. The van der Waals surface area contributed by atoms with Crippen LogP contribution in [-0.4, -0.2) is 26.9 Å². The molecule has 0 fully saturated rings. The first kappa shape index (κ1) is 12.7. The summed E-state index contributed by atoms with van der Waals surface area (Å²) in [5, 5.41) is 16.4. The molecule has 2 aromatic heterocycles. The van der Waals surface area contributed by atoms with Crippen molar-refractivity contribution in [1.82, 2.24) is 15.0 Å². The van der Waals surface area contributed by atoms with Crippen molar-refractivity contribution in [2.24, 2.45) is 0 Å². The SMILES string of the molecule is CNc1ncc([N+](=O)[O-])c(NCc2ncc(C)o2)n1. The summed E-state index contributed by atoms with van der Waals surface area (Å²) < 4.78 is 5.26. The summed E-state index contributed by atoms with van der Waals surface area (Å²) in [4.78, 5) is 22.1. The van der Waals surface area contributed by atoms with Gasteiger partial charge >= 0.3 is 5.69 Å². The van der Waals surface area contributed by atoms with Gasteiger partial charge in [-0.05, 0) is 6.92 Å². The highest BCUT2D eigenvalue weighted by Gasteiger charge is 2.17. The molecule has 0 radical (unpaired) electrons. The second kappa shape index (κ2) is 5.29. The van der Waals surface area contributed by atoms with Crippen LogP contribution in [0.1, 0.15) is 11.7 Å². The number of hydrogen-bond acceptors (Lipinski definition) is 8. The highest BCUT2D eigenvalue weighted by molar-refractivity contribution is 5.56. The third-order valence-electron chi connectivity index (χ3n) is 2.27. The number of rotatable bonds is 5. The maximum atomic E-state index is 10.9. The molecule has 0 aliphatic carbocycles. The van der Waals surface area contributed by atoms with Gasteiger partial charge in [0.1, 0.15) is 12.0 Å². The molecule has 2 heterocycles. The fraction of sp³-hybridized carbons (Fsp3) is 0.300. The van der Waals surface area contributed by atoms with Gasteiger partial charge in [0.05, 0.1) is 17.7 Å². The first-order chi connectivity index (χ1) is 9.10. The molecule has 2 aromatic rings. The molecule has 0 atom stereocenters. The number of nitrogens with zero attached hydrogens (tertiary/aromatic N) is 4. The van der Waals surface area contributed by atoms with Crippen molar-refractivity contribution in [1.29, 1.82) is 0 Å². The van der Waals surface area contributed by atoms with Crippen LogP contribution in [0.25, 0.3) is 0 Å². The van der Waals surface area contributed by atoms with Crippen molar-refractivity contribution < 1.29 is 9.34 Å². The van der Waals surface area contributed by atoms with Crippen molar-refractivity contribution in [2.75, 3.05) is 17.7 Å². The van der Waals surface area contributed by atoms with E-state index in [9.17, 15) is 10.1 Å². The first-order valence-electron chi connectivity index (χ1n) is 5.44. The minimum atomic E-state index is -0.553. The van der Waals surface area contributed by atoms with E-state index >= 15 is 0 Å². The summed E-state index contributed by atoms with van der Waals surface area (Å²) in [6.07, 6.45) is 2.71. The van der Waals surface area contributed by atoms with Crippen LogP contribution in [0.15, 0.2) is 16.8 Å². The first-order valence-corrected chi connectivity index (χ1v) is 5.44. The fourth-order valence-electron chi connectivity index (χ4n) is 1.40. The van der Waals surface area contributed by atoms with Crippen LogP contribution in [0.2, 0.25) is 0 Å². The average molecular weight is 264 g/mol. The van der Waals surface area contributed by atoms with E-state index in [1.54, 1.807) is 20.2 Å². The van der Waals surface area contributed by atoms with Gasteiger partial charge < -0.3 is 15.1 Å². The maximum absolute atomic E-state index is 10.9. The van der Waals surface area contributed by atoms with E-state index < -0.39 is 4.92 Å². The lowest BCUT2D eigenvalue weighted by Crippen LogP contribution is -2.07. The van der Waals surface area contributed by atoms with Crippen LogP contribution < -0.4 is 10.6 Å². The minimum Gasteiger partial charge on any atom is -0.444 e. The lowest BCUT2D eigenvalue weighted by molar-refractivity contribution is -0.384. The van der Waals surface area contributed by atoms with E-state index in [1.165, 1.54) is 0 Å². The lowest BCUT2D eigenvalue weighted by Gasteiger charge is -2.05. The van der Waals surface area contributed by atoms with E-state index in [1.807, 2.05) is 0 Å². The molecular weight excluding hydrogens is 252 g/mol. The Bertz CT molecular complexity index is 597. The number of aryl methyl sites for hydroxylation is 1. The van der Waals surface area contributed by atoms with Gasteiger partial charge in [-0.2, -0.15) is 4.98 Å². The molecule has 0 unspecified atom stereocenters. The Morgan fingerprint density at radius 1 is 1.42 bits per heavy atom. The van der Waals surface area contributed by atoms with Crippen LogP contribution in [0, 0.1) is 17.0 Å². The Hall–Kier alpha value is -2.71. The second-order valence-electron chi connectivity index (χ2n) is 3.65. The fourth-order valence-corrected chi connectivity index (χ4v) is 1.40. The van der Waals surface area contributed by atoms with Crippen LogP contribution in [0.5, 0.6) is 0 Å². The summed E-state index contributed by atoms with van der Waals surface area (Å²) in [6.45, 7) is 1.97. The normalized spacial score (nSPS) is 10.2. The quantitative estimate of drug-likeness (QED) is 0.613. The van der Waals surface area contributed by atoms with Crippen LogP contribution in [-0.2, 0) is 6.54 Å². The summed E-state index contributed by atoms with van der Waals surface area (Å²) >= 11 is 0. The van der Waals surface area contributed by atoms with Crippen molar-refractivity contribution in [3.63, 3.8) is 0 Å². The molecule has 0 spiro atoms. The number of hydrogen-bond donors (Lipinski definition) is 2. The zero-order valence-corrected chi connectivity index (χ0v) is 10.4. The van der Waals surface area contributed by atoms with Crippen molar-refractivity contribution in [3.8, 4) is 0 Å². The van der Waals surface area contributed by atoms with E-state index in [0.29, 0.717) is 11.7 Å². The Kier molecular flexibility index (Phi) is 3.55. The number of oxazole rings is 1. The third kappa shape index (κ3) is 2.94. The second-order valence-corrected chi connectivity index (χ2v) is 3.65. The summed E-state index contributed by atoms with van der Waals surface area (Å²) in [5.41, 5.74) is -0.206. The number of anilines is 2. The Morgan fingerprint density at radius 2 is 2.21 bits per heavy atom. The highest BCUT2D eigenvalue weighted by atomic mass is 16.6. The number of nitrogens with one attached hydrogen (secondary N) is 2. The summed E-state index contributed by atoms with van der Waals surface area (Å²) in [6, 6.07) is 0. The Morgan fingerprint density at radius 3 is 2.79 bits per heavy atom. The number of nitro groups is 1. The smallest absolute Gasteiger partial charge is 0.329 e. The van der Waals surface area contributed by atoms with E-state index in [4.69, 9.17) is 4.42 Å². The Balaban J connectivity index is 2.19. The minimum absolute atomic E-state index is 0.111. The molecule has 9 heteroatoms. The topological polar surface area (TPSA) is 119 Å². The highest BCUT2D eigenvalue weighted by Crippen LogP contribution is 2.22. The Labute approximate surface area is 108 Å². The molecule has 9 nitrogen and oxygen atoms in total.